The SMILES string of the molecule is Cc1ccc([N+](=O)[O-])c(N2CCC(CC(=O)O)CC2)n1. The van der Waals surface area contributed by atoms with Gasteiger partial charge in [0.1, 0.15) is 0 Å². The van der Waals surface area contributed by atoms with Crippen LogP contribution in [0.3, 0.4) is 0 Å². The van der Waals surface area contributed by atoms with Crippen LogP contribution < -0.4 is 4.90 Å². The number of nitro groups is 1. The molecule has 1 fully saturated rings. The summed E-state index contributed by atoms with van der Waals surface area (Å²) in [5, 5.41) is 19.8. The fourth-order valence-electron chi connectivity index (χ4n) is 2.51. The van der Waals surface area contributed by atoms with Gasteiger partial charge in [-0.15, -0.1) is 0 Å². The van der Waals surface area contributed by atoms with Gasteiger partial charge >= 0.3 is 11.7 Å². The maximum atomic E-state index is 11.0. The summed E-state index contributed by atoms with van der Waals surface area (Å²) in [6.45, 7) is 3.01. The highest BCUT2D eigenvalue weighted by molar-refractivity contribution is 5.67. The minimum Gasteiger partial charge on any atom is -0.481 e. The molecule has 1 aromatic rings. The normalized spacial score (nSPS) is 16.1. The minimum atomic E-state index is -0.789. The average molecular weight is 279 g/mol. The van der Waals surface area contributed by atoms with E-state index in [0.29, 0.717) is 18.9 Å². The number of hydrogen-bond acceptors (Lipinski definition) is 5. The summed E-state index contributed by atoms with van der Waals surface area (Å²) in [7, 11) is 0. The second-order valence-corrected chi connectivity index (χ2v) is 5.08. The van der Waals surface area contributed by atoms with Crippen molar-refractivity contribution in [1.82, 2.24) is 4.98 Å². The number of hydrogen-bond donors (Lipinski definition) is 1. The van der Waals surface area contributed by atoms with Gasteiger partial charge in [-0.05, 0) is 31.7 Å². The van der Waals surface area contributed by atoms with Crippen LogP contribution in [0.15, 0.2) is 12.1 Å². The molecule has 0 aromatic carbocycles. The molecular weight excluding hydrogens is 262 g/mol. The monoisotopic (exact) mass is 279 g/mol. The number of carboxylic acids is 1. The molecule has 2 heterocycles. The molecule has 0 atom stereocenters. The average Bonchev–Trinajstić information content (AvgIpc) is 2.38. The van der Waals surface area contributed by atoms with E-state index >= 15 is 0 Å². The zero-order valence-electron chi connectivity index (χ0n) is 11.3. The van der Waals surface area contributed by atoms with Crippen LogP contribution in [0.25, 0.3) is 0 Å². The van der Waals surface area contributed by atoms with E-state index in [1.54, 1.807) is 13.0 Å². The summed E-state index contributed by atoms with van der Waals surface area (Å²) < 4.78 is 0. The molecule has 108 valence electrons. The Balaban J connectivity index is 2.12. The molecule has 0 amide bonds. The fourth-order valence-corrected chi connectivity index (χ4v) is 2.51. The van der Waals surface area contributed by atoms with Crippen molar-refractivity contribution in [2.75, 3.05) is 18.0 Å². The summed E-state index contributed by atoms with van der Waals surface area (Å²) in [5.74, 6) is -0.250. The van der Waals surface area contributed by atoms with Crippen molar-refractivity contribution in [3.63, 3.8) is 0 Å². The molecule has 1 aromatic heterocycles. The Morgan fingerprint density at radius 2 is 2.15 bits per heavy atom. The van der Waals surface area contributed by atoms with Crippen LogP contribution in [0.1, 0.15) is 25.0 Å². The Hall–Kier alpha value is -2.18. The molecule has 0 unspecified atom stereocenters. The van der Waals surface area contributed by atoms with Crippen LogP contribution in [0, 0.1) is 23.0 Å². The highest BCUT2D eigenvalue weighted by Crippen LogP contribution is 2.30. The van der Waals surface area contributed by atoms with E-state index in [0.717, 1.165) is 18.5 Å². The molecule has 0 saturated carbocycles. The third-order valence-corrected chi connectivity index (χ3v) is 3.57. The highest BCUT2D eigenvalue weighted by atomic mass is 16.6. The molecule has 1 aliphatic heterocycles. The number of piperidine rings is 1. The number of aromatic nitrogens is 1. The number of anilines is 1. The van der Waals surface area contributed by atoms with Crippen LogP contribution in [0.5, 0.6) is 0 Å². The molecule has 20 heavy (non-hydrogen) atoms. The lowest BCUT2D eigenvalue weighted by Gasteiger charge is -2.31. The molecule has 0 bridgehead atoms. The van der Waals surface area contributed by atoms with Gasteiger partial charge in [-0.2, -0.15) is 0 Å². The third kappa shape index (κ3) is 3.23. The smallest absolute Gasteiger partial charge is 0.311 e. The predicted molar refractivity (Wildman–Crippen MR) is 72.8 cm³/mol. The molecule has 1 N–H and O–H groups in total. The predicted octanol–water partition coefficient (Wildman–Crippen LogP) is 1.99. The minimum absolute atomic E-state index is 0.00674. The van der Waals surface area contributed by atoms with Gasteiger partial charge in [0.05, 0.1) is 4.92 Å². The number of aryl methyl sites for hydroxylation is 1. The summed E-state index contributed by atoms with van der Waals surface area (Å²) in [6.07, 6.45) is 1.61. The van der Waals surface area contributed by atoms with Crippen molar-refractivity contribution in [3.05, 3.63) is 27.9 Å². The number of pyridine rings is 1. The summed E-state index contributed by atoms with van der Waals surface area (Å²) in [5.41, 5.74) is 0.741. The largest absolute Gasteiger partial charge is 0.481 e. The van der Waals surface area contributed by atoms with E-state index in [4.69, 9.17) is 5.11 Å². The molecule has 7 heteroatoms. The van der Waals surface area contributed by atoms with Crippen LogP contribution in [0.4, 0.5) is 11.5 Å². The van der Waals surface area contributed by atoms with E-state index in [1.807, 2.05) is 4.90 Å². The van der Waals surface area contributed by atoms with Crippen LogP contribution in [-0.2, 0) is 4.79 Å². The van der Waals surface area contributed by atoms with E-state index in [1.165, 1.54) is 6.07 Å². The zero-order valence-corrected chi connectivity index (χ0v) is 11.3. The van der Waals surface area contributed by atoms with Crippen LogP contribution in [0.2, 0.25) is 0 Å². The molecule has 1 aliphatic rings. The lowest BCUT2D eigenvalue weighted by atomic mass is 9.93. The molecule has 0 aliphatic carbocycles. The molecule has 7 nitrogen and oxygen atoms in total. The van der Waals surface area contributed by atoms with Crippen LogP contribution in [-0.4, -0.2) is 34.1 Å². The number of carbonyl (C=O) groups is 1. The quantitative estimate of drug-likeness (QED) is 0.668. The Morgan fingerprint density at radius 3 is 2.70 bits per heavy atom. The van der Waals surface area contributed by atoms with E-state index < -0.39 is 10.9 Å². The van der Waals surface area contributed by atoms with Crippen molar-refractivity contribution in [2.24, 2.45) is 5.92 Å². The van der Waals surface area contributed by atoms with E-state index in [9.17, 15) is 14.9 Å². The summed E-state index contributed by atoms with van der Waals surface area (Å²) >= 11 is 0. The standard InChI is InChI=1S/C13H17N3O4/c1-9-2-3-11(16(19)20)13(14-9)15-6-4-10(5-7-15)8-12(17)18/h2-3,10H,4-8H2,1H3,(H,17,18). The first-order chi connectivity index (χ1) is 9.47. The first-order valence-corrected chi connectivity index (χ1v) is 6.56. The second kappa shape index (κ2) is 5.85. The van der Waals surface area contributed by atoms with Crippen molar-refractivity contribution in [3.8, 4) is 0 Å². The van der Waals surface area contributed by atoms with Gasteiger partial charge in [-0.1, -0.05) is 0 Å². The first-order valence-electron chi connectivity index (χ1n) is 6.56. The van der Waals surface area contributed by atoms with Crippen molar-refractivity contribution >= 4 is 17.5 Å². The lowest BCUT2D eigenvalue weighted by Crippen LogP contribution is -2.35. The summed E-state index contributed by atoms with van der Waals surface area (Å²) in [6, 6.07) is 3.10. The number of carboxylic acid groups (broad SMARTS) is 1. The maximum Gasteiger partial charge on any atom is 0.311 e. The van der Waals surface area contributed by atoms with Gasteiger partial charge in [0.2, 0.25) is 5.82 Å². The van der Waals surface area contributed by atoms with E-state index in [2.05, 4.69) is 4.98 Å². The molecule has 0 spiro atoms. The van der Waals surface area contributed by atoms with Gasteiger partial charge in [-0.25, -0.2) is 4.98 Å². The second-order valence-electron chi connectivity index (χ2n) is 5.08. The number of rotatable bonds is 4. The van der Waals surface area contributed by atoms with Crippen molar-refractivity contribution in [2.45, 2.75) is 26.2 Å². The summed E-state index contributed by atoms with van der Waals surface area (Å²) in [4.78, 5) is 27.5. The number of nitrogens with zero attached hydrogens (tertiary/aromatic N) is 3. The Morgan fingerprint density at radius 1 is 1.50 bits per heavy atom. The maximum absolute atomic E-state index is 11.0. The van der Waals surface area contributed by atoms with Crippen molar-refractivity contribution in [1.29, 1.82) is 0 Å². The Bertz CT molecular complexity index is 524. The van der Waals surface area contributed by atoms with Gasteiger partial charge in [0.15, 0.2) is 0 Å². The van der Waals surface area contributed by atoms with Gasteiger partial charge in [0.25, 0.3) is 0 Å². The fraction of sp³-hybridized carbons (Fsp3) is 0.538. The molecular formula is C13H17N3O4. The Kier molecular flexibility index (Phi) is 4.16. The van der Waals surface area contributed by atoms with Gasteiger partial charge in [-0.3, -0.25) is 14.9 Å². The lowest BCUT2D eigenvalue weighted by molar-refractivity contribution is -0.384. The van der Waals surface area contributed by atoms with Gasteiger partial charge in [0, 0.05) is 31.3 Å². The number of aliphatic carboxylic acids is 1. The van der Waals surface area contributed by atoms with Crippen molar-refractivity contribution < 1.29 is 14.8 Å². The zero-order chi connectivity index (χ0) is 14.7. The molecule has 0 radical (unpaired) electrons. The third-order valence-electron chi connectivity index (χ3n) is 3.57. The van der Waals surface area contributed by atoms with E-state index in [-0.39, 0.29) is 18.0 Å². The first kappa shape index (κ1) is 14.2. The highest BCUT2D eigenvalue weighted by Gasteiger charge is 2.27. The topological polar surface area (TPSA) is 96.6 Å². The molecule has 1 saturated heterocycles. The van der Waals surface area contributed by atoms with Gasteiger partial charge < -0.3 is 10.0 Å². The Labute approximate surface area is 116 Å². The van der Waals surface area contributed by atoms with Crippen LogP contribution >= 0.6 is 0 Å². The molecule has 2 rings (SSSR count).